The molecular weight excluding hydrogens is 236 g/mol. The minimum atomic E-state index is 0.0145. The van der Waals surface area contributed by atoms with Gasteiger partial charge in [0.2, 0.25) is 0 Å². The van der Waals surface area contributed by atoms with Gasteiger partial charge < -0.3 is 5.43 Å². The first kappa shape index (κ1) is 11.5. The molecule has 0 amide bonds. The maximum Gasteiger partial charge on any atom is 0.138 e. The molecule has 1 aromatic heterocycles. The summed E-state index contributed by atoms with van der Waals surface area (Å²) in [7, 11) is 0. The van der Waals surface area contributed by atoms with Crippen LogP contribution in [0.4, 0.5) is 0 Å². The standard InChI is InChI=1S/C15H14N4/c1-2-15(18-19-10-16-17-11-19)14-8-7-12-5-3-4-6-13(12)9-14/h2-11,15,18H,1H2/t15-/m0/s1. The predicted molar refractivity (Wildman–Crippen MR) is 76.3 cm³/mol. The smallest absolute Gasteiger partial charge is 0.138 e. The van der Waals surface area contributed by atoms with Gasteiger partial charge in [-0.2, -0.15) is 0 Å². The van der Waals surface area contributed by atoms with Crippen LogP contribution < -0.4 is 5.43 Å². The molecule has 0 aliphatic heterocycles. The highest BCUT2D eigenvalue weighted by atomic mass is 15.5. The number of nitrogens with one attached hydrogen (secondary N) is 1. The normalized spacial score (nSPS) is 12.2. The van der Waals surface area contributed by atoms with Crippen LogP contribution >= 0.6 is 0 Å². The summed E-state index contributed by atoms with van der Waals surface area (Å²) in [6.07, 6.45) is 5.11. The van der Waals surface area contributed by atoms with E-state index in [-0.39, 0.29) is 6.04 Å². The summed E-state index contributed by atoms with van der Waals surface area (Å²) in [5.74, 6) is 0. The molecule has 0 aliphatic rings. The summed E-state index contributed by atoms with van der Waals surface area (Å²) in [6.45, 7) is 3.88. The van der Waals surface area contributed by atoms with Crippen molar-refractivity contribution in [1.82, 2.24) is 14.9 Å². The van der Waals surface area contributed by atoms with Gasteiger partial charge in [-0.25, -0.2) is 4.68 Å². The Bertz CT molecular complexity index is 688. The fourth-order valence-corrected chi connectivity index (χ4v) is 2.09. The van der Waals surface area contributed by atoms with E-state index >= 15 is 0 Å². The van der Waals surface area contributed by atoms with E-state index in [9.17, 15) is 0 Å². The molecule has 4 nitrogen and oxygen atoms in total. The topological polar surface area (TPSA) is 42.7 Å². The maximum atomic E-state index is 3.88. The first-order valence-electron chi connectivity index (χ1n) is 6.09. The van der Waals surface area contributed by atoms with Crippen molar-refractivity contribution in [3.8, 4) is 0 Å². The van der Waals surface area contributed by atoms with Crippen molar-refractivity contribution in [2.45, 2.75) is 6.04 Å². The minimum absolute atomic E-state index is 0.0145. The molecule has 94 valence electrons. The molecule has 4 heteroatoms. The Balaban J connectivity index is 1.94. The molecular formula is C15H14N4. The van der Waals surface area contributed by atoms with Crippen LogP contribution in [0, 0.1) is 0 Å². The molecule has 0 spiro atoms. The Morgan fingerprint density at radius 3 is 2.53 bits per heavy atom. The van der Waals surface area contributed by atoms with E-state index in [2.05, 4.69) is 52.5 Å². The van der Waals surface area contributed by atoms with E-state index in [0.717, 1.165) is 5.56 Å². The third-order valence-corrected chi connectivity index (χ3v) is 3.08. The molecule has 0 bridgehead atoms. The second-order valence-corrected chi connectivity index (χ2v) is 4.32. The Labute approximate surface area is 111 Å². The van der Waals surface area contributed by atoms with Crippen LogP contribution in [-0.4, -0.2) is 14.9 Å². The zero-order valence-corrected chi connectivity index (χ0v) is 10.4. The summed E-state index contributed by atoms with van der Waals surface area (Å²) >= 11 is 0. The zero-order valence-electron chi connectivity index (χ0n) is 10.4. The van der Waals surface area contributed by atoms with E-state index in [1.54, 1.807) is 17.3 Å². The lowest BCUT2D eigenvalue weighted by molar-refractivity contribution is 0.773. The molecule has 0 fully saturated rings. The van der Waals surface area contributed by atoms with Gasteiger partial charge in [-0.15, -0.1) is 16.8 Å². The Hall–Kier alpha value is -2.62. The van der Waals surface area contributed by atoms with Crippen molar-refractivity contribution in [2.75, 3.05) is 5.43 Å². The van der Waals surface area contributed by atoms with Crippen molar-refractivity contribution in [1.29, 1.82) is 0 Å². The van der Waals surface area contributed by atoms with Crippen molar-refractivity contribution in [2.24, 2.45) is 0 Å². The molecule has 0 radical (unpaired) electrons. The van der Waals surface area contributed by atoms with Gasteiger partial charge in [-0.3, -0.25) is 0 Å². The highest BCUT2D eigenvalue weighted by Gasteiger charge is 2.07. The molecule has 3 rings (SSSR count). The van der Waals surface area contributed by atoms with Gasteiger partial charge in [-0.1, -0.05) is 42.5 Å². The van der Waals surface area contributed by atoms with Gasteiger partial charge in [0, 0.05) is 0 Å². The summed E-state index contributed by atoms with van der Waals surface area (Å²) < 4.78 is 1.72. The van der Waals surface area contributed by atoms with Gasteiger partial charge in [-0.05, 0) is 22.4 Å². The van der Waals surface area contributed by atoms with E-state index in [0.29, 0.717) is 0 Å². The average molecular weight is 250 g/mol. The first-order valence-corrected chi connectivity index (χ1v) is 6.09. The lowest BCUT2D eigenvalue weighted by atomic mass is 10.0. The van der Waals surface area contributed by atoms with Crippen molar-refractivity contribution in [3.05, 3.63) is 73.3 Å². The minimum Gasteiger partial charge on any atom is -0.312 e. The van der Waals surface area contributed by atoms with Crippen LogP contribution in [0.15, 0.2) is 67.8 Å². The summed E-state index contributed by atoms with van der Waals surface area (Å²) in [4.78, 5) is 0. The first-order chi connectivity index (χ1) is 9.36. The van der Waals surface area contributed by atoms with Gasteiger partial charge >= 0.3 is 0 Å². The molecule has 2 aromatic carbocycles. The second-order valence-electron chi connectivity index (χ2n) is 4.32. The highest BCUT2D eigenvalue weighted by Crippen LogP contribution is 2.21. The number of hydrogen-bond acceptors (Lipinski definition) is 3. The Kier molecular flexibility index (Phi) is 2.98. The molecule has 0 aliphatic carbocycles. The number of hydrogen-bond donors (Lipinski definition) is 1. The van der Waals surface area contributed by atoms with E-state index in [1.165, 1.54) is 10.8 Å². The van der Waals surface area contributed by atoms with Crippen LogP contribution in [0.1, 0.15) is 11.6 Å². The molecule has 0 saturated carbocycles. The molecule has 0 unspecified atom stereocenters. The van der Waals surface area contributed by atoms with Gasteiger partial charge in [0.1, 0.15) is 12.7 Å². The summed E-state index contributed by atoms with van der Waals surface area (Å²) in [6, 6.07) is 14.7. The summed E-state index contributed by atoms with van der Waals surface area (Å²) in [5.41, 5.74) is 4.42. The molecule has 3 aromatic rings. The van der Waals surface area contributed by atoms with Crippen LogP contribution in [0.2, 0.25) is 0 Å². The Morgan fingerprint density at radius 1 is 1.05 bits per heavy atom. The monoisotopic (exact) mass is 250 g/mol. The quantitative estimate of drug-likeness (QED) is 0.724. The molecule has 0 saturated heterocycles. The third-order valence-electron chi connectivity index (χ3n) is 3.08. The van der Waals surface area contributed by atoms with Crippen molar-refractivity contribution >= 4 is 10.8 Å². The zero-order chi connectivity index (χ0) is 13.1. The lowest BCUT2D eigenvalue weighted by Gasteiger charge is -2.17. The van der Waals surface area contributed by atoms with Crippen molar-refractivity contribution in [3.63, 3.8) is 0 Å². The lowest BCUT2D eigenvalue weighted by Crippen LogP contribution is -2.17. The van der Waals surface area contributed by atoms with E-state index in [1.807, 2.05) is 18.2 Å². The predicted octanol–water partition coefficient (Wildman–Crippen LogP) is 2.90. The van der Waals surface area contributed by atoms with Crippen molar-refractivity contribution < 1.29 is 0 Å². The Morgan fingerprint density at radius 2 is 1.79 bits per heavy atom. The number of fused-ring (bicyclic) bond motifs is 1. The third kappa shape index (κ3) is 2.33. The number of aromatic nitrogens is 3. The SMILES string of the molecule is C=C[C@H](Nn1cnnc1)c1ccc2ccccc2c1. The van der Waals surface area contributed by atoms with Crippen LogP contribution in [-0.2, 0) is 0 Å². The largest absolute Gasteiger partial charge is 0.312 e. The van der Waals surface area contributed by atoms with Gasteiger partial charge in [0.25, 0.3) is 0 Å². The molecule has 19 heavy (non-hydrogen) atoms. The van der Waals surface area contributed by atoms with Crippen LogP contribution in [0.3, 0.4) is 0 Å². The molecule has 1 atom stereocenters. The maximum absolute atomic E-state index is 3.88. The number of nitrogens with zero attached hydrogens (tertiary/aromatic N) is 3. The van der Waals surface area contributed by atoms with Crippen LogP contribution in [0.5, 0.6) is 0 Å². The molecule has 1 N–H and O–H groups in total. The fraction of sp³-hybridized carbons (Fsp3) is 0.0667. The van der Waals surface area contributed by atoms with E-state index in [4.69, 9.17) is 0 Å². The van der Waals surface area contributed by atoms with Crippen LogP contribution in [0.25, 0.3) is 10.8 Å². The van der Waals surface area contributed by atoms with Gasteiger partial charge in [0.15, 0.2) is 0 Å². The fourth-order valence-electron chi connectivity index (χ4n) is 2.09. The molecule has 1 heterocycles. The highest BCUT2D eigenvalue weighted by molar-refractivity contribution is 5.83. The number of benzene rings is 2. The van der Waals surface area contributed by atoms with Gasteiger partial charge in [0.05, 0.1) is 6.04 Å². The average Bonchev–Trinajstić information content (AvgIpc) is 2.97. The second kappa shape index (κ2) is 4.94. The summed E-state index contributed by atoms with van der Waals surface area (Å²) in [5, 5.41) is 9.99. The van der Waals surface area contributed by atoms with E-state index < -0.39 is 0 Å². The number of rotatable bonds is 4.